The van der Waals surface area contributed by atoms with Gasteiger partial charge in [0.15, 0.2) is 0 Å². The molecule has 29 heteroatoms. The number of nitrogens with zero attached hydrogens (tertiary/aromatic N) is 10. The molecule has 0 unspecified atom stereocenters. The SMILES string of the molecule is Nc1ncc(-c2ccccc2F)cn1.Nc1ncc(-c2ccccc2F)cn1.Nc1ncc(Br)cn1.O=C(Nc1ncc(-c2ccccc2F)cn1)C1CCC(O)(c2ccncc2Br)CC1.O=C(O)C1CCC(O)(c2ccncc2Br)CC1.OB(O)c1ccccc1F. The lowest BCUT2D eigenvalue weighted by Gasteiger charge is -2.36. The normalized spacial score (nSPS) is 17.0. The molecule has 2 aliphatic carbocycles. The van der Waals surface area contributed by atoms with Crippen LogP contribution in [0.25, 0.3) is 33.4 Å². The standard InChI is InChI=1S/C22H20BrFN4O2.C12H14BrNO3.2C10H8FN3.C6H6BFO2.C4H4BrN3/c23-18-13-25-10-7-17(18)22(30)8-5-14(6-9-22)20(29)28-21-26-11-15(12-27-21)16-3-1-2-4-19(16)24;13-10-7-14-6-3-9(10)12(17)4-1-8(2-5-12)11(15)16;2*11-9-4-2-1-3-8(9)7-5-13-10(12)14-6-7;8-6-4-2-1-3-5(6)7(9)10;5-3-1-7-4(6)8-2-3/h1-4,7,10-14,30H,5-6,8-9H2,(H,26,27,28,29);3,6-8,17H,1-2,4-5H2,(H,15,16);2*1-6H,(H2,12,13,14);1-4,9-10H;1-2H,(H2,6,7,8). The van der Waals surface area contributed by atoms with Gasteiger partial charge in [0.2, 0.25) is 29.7 Å². The Morgan fingerprint density at radius 1 is 0.473 bits per heavy atom. The van der Waals surface area contributed by atoms with E-state index in [-0.39, 0.29) is 58.5 Å². The van der Waals surface area contributed by atoms with Crippen molar-refractivity contribution in [1.29, 1.82) is 0 Å². The summed E-state index contributed by atoms with van der Waals surface area (Å²) in [6, 6.07) is 28.4. The number of nitrogen functional groups attached to an aromatic ring is 3. The summed E-state index contributed by atoms with van der Waals surface area (Å²) in [7, 11) is -1.72. The Balaban J connectivity index is 0.000000168. The van der Waals surface area contributed by atoms with Crippen LogP contribution in [0.2, 0.25) is 0 Å². The maximum atomic E-state index is 13.9. The van der Waals surface area contributed by atoms with E-state index in [1.165, 1.54) is 79.6 Å². The number of aliphatic hydroxyl groups is 2. The second kappa shape index (κ2) is 34.5. The van der Waals surface area contributed by atoms with Crippen molar-refractivity contribution in [2.75, 3.05) is 22.5 Å². The number of pyridine rings is 2. The van der Waals surface area contributed by atoms with Gasteiger partial charge in [-0.25, -0.2) is 57.4 Å². The molecule has 6 aromatic heterocycles. The van der Waals surface area contributed by atoms with Gasteiger partial charge in [0.05, 0.1) is 21.6 Å². The number of nitrogens with two attached hydrogens (primary N) is 3. The summed E-state index contributed by atoms with van der Waals surface area (Å²) in [6.45, 7) is 0. The Morgan fingerprint density at radius 3 is 1.13 bits per heavy atom. The van der Waals surface area contributed by atoms with Crippen molar-refractivity contribution in [3.05, 3.63) is 231 Å². The first-order chi connectivity index (χ1) is 44.5. The molecule has 480 valence electrons. The number of amides is 1. The number of hydrogen-bond donors (Lipinski definition) is 9. The maximum Gasteiger partial charge on any atom is 0.491 e. The highest BCUT2D eigenvalue weighted by Gasteiger charge is 2.39. The van der Waals surface area contributed by atoms with E-state index in [9.17, 15) is 37.4 Å². The molecule has 10 aromatic rings. The van der Waals surface area contributed by atoms with Crippen LogP contribution in [0.15, 0.2) is 197 Å². The van der Waals surface area contributed by atoms with Gasteiger partial charge >= 0.3 is 13.1 Å². The molecule has 0 aliphatic heterocycles. The molecule has 93 heavy (non-hydrogen) atoms. The van der Waals surface area contributed by atoms with Crippen LogP contribution < -0.4 is 28.0 Å². The predicted molar refractivity (Wildman–Crippen MR) is 353 cm³/mol. The minimum atomic E-state index is -1.72. The quantitative estimate of drug-likeness (QED) is 0.0479. The molecule has 0 saturated heterocycles. The molecule has 4 aromatic carbocycles. The zero-order valence-electron chi connectivity index (χ0n) is 49.1. The first kappa shape index (κ1) is 71.3. The fourth-order valence-electron chi connectivity index (χ4n) is 9.53. The Hall–Kier alpha value is -9.10. The highest BCUT2D eigenvalue weighted by Crippen LogP contribution is 2.43. The number of carboxylic acid groups (broad SMARTS) is 1. The third-order valence-electron chi connectivity index (χ3n) is 14.5. The lowest BCUT2D eigenvalue weighted by Crippen LogP contribution is -2.36. The third kappa shape index (κ3) is 21.0. The molecule has 6 heterocycles. The van der Waals surface area contributed by atoms with E-state index in [0.29, 0.717) is 90.7 Å². The third-order valence-corrected chi connectivity index (χ3v) is 16.2. The van der Waals surface area contributed by atoms with Crippen molar-refractivity contribution >= 4 is 96.0 Å². The highest BCUT2D eigenvalue weighted by atomic mass is 79.9. The summed E-state index contributed by atoms with van der Waals surface area (Å²) in [5.41, 5.74) is 18.6. The Kier molecular flexibility index (Phi) is 26.5. The average Bonchev–Trinajstić information content (AvgIpc) is 0.855. The number of rotatable bonds is 9. The molecule has 12 N–H and O–H groups in total. The summed E-state index contributed by atoms with van der Waals surface area (Å²) >= 11 is 9.98. The largest absolute Gasteiger partial charge is 0.491 e. The molecule has 0 atom stereocenters. The van der Waals surface area contributed by atoms with E-state index in [1.54, 1.807) is 104 Å². The molecule has 21 nitrogen and oxygen atoms in total. The zero-order chi connectivity index (χ0) is 67.1. The van der Waals surface area contributed by atoms with Gasteiger partial charge in [-0.3, -0.25) is 24.9 Å². The van der Waals surface area contributed by atoms with Crippen molar-refractivity contribution in [3.63, 3.8) is 0 Å². The smallest absolute Gasteiger partial charge is 0.481 e. The molecule has 2 saturated carbocycles. The minimum Gasteiger partial charge on any atom is -0.481 e. The monoisotopic (exact) mass is 1460 g/mol. The molecule has 12 rings (SSSR count). The van der Waals surface area contributed by atoms with Gasteiger partial charge in [-0.2, -0.15) is 0 Å². The van der Waals surface area contributed by atoms with E-state index >= 15 is 0 Å². The number of hydrogen-bond acceptors (Lipinski definition) is 19. The van der Waals surface area contributed by atoms with E-state index in [2.05, 4.69) is 103 Å². The number of aliphatic carboxylic acids is 1. The van der Waals surface area contributed by atoms with Gasteiger partial charge in [-0.15, -0.1) is 0 Å². The van der Waals surface area contributed by atoms with Gasteiger partial charge in [0, 0.05) is 139 Å². The summed E-state index contributed by atoms with van der Waals surface area (Å²) in [6.07, 6.45) is 22.8. The van der Waals surface area contributed by atoms with Crippen LogP contribution in [0.4, 0.5) is 41.4 Å². The molecule has 0 spiro atoms. The summed E-state index contributed by atoms with van der Waals surface area (Å²) in [5, 5.41) is 50.3. The first-order valence-corrected chi connectivity index (χ1v) is 30.7. The van der Waals surface area contributed by atoms with Crippen LogP contribution in [0.1, 0.15) is 62.5 Å². The Bertz CT molecular complexity index is 3930. The van der Waals surface area contributed by atoms with Crippen LogP contribution in [-0.4, -0.2) is 94.2 Å². The first-order valence-electron chi connectivity index (χ1n) is 28.3. The molecular formula is C64H60BBr3F4N14O7. The molecular weight excluding hydrogens is 1400 g/mol. The van der Waals surface area contributed by atoms with E-state index < -0.39 is 30.1 Å². The molecule has 0 bridgehead atoms. The molecule has 2 fully saturated rings. The van der Waals surface area contributed by atoms with Crippen molar-refractivity contribution in [2.45, 2.75) is 62.6 Å². The summed E-state index contributed by atoms with van der Waals surface area (Å²) < 4.78 is 55.4. The summed E-state index contributed by atoms with van der Waals surface area (Å²) in [5.74, 6) is -2.18. The van der Waals surface area contributed by atoms with Crippen LogP contribution >= 0.6 is 47.8 Å². The zero-order valence-corrected chi connectivity index (χ0v) is 53.9. The number of halogens is 7. The number of benzene rings is 4. The molecule has 1 amide bonds. The lowest BCUT2D eigenvalue weighted by molar-refractivity contribution is -0.145. The van der Waals surface area contributed by atoms with E-state index in [0.717, 1.165) is 24.5 Å². The number of nitrogens with one attached hydrogen (secondary N) is 1. The molecule has 2 aliphatic rings. The second-order valence-corrected chi connectivity index (χ2v) is 23.3. The van der Waals surface area contributed by atoms with Crippen molar-refractivity contribution in [2.24, 2.45) is 11.8 Å². The number of aromatic nitrogens is 10. The van der Waals surface area contributed by atoms with Gasteiger partial charge in [0.1, 0.15) is 23.3 Å². The van der Waals surface area contributed by atoms with E-state index in [1.807, 2.05) is 0 Å². The Labute approximate surface area is 556 Å². The van der Waals surface area contributed by atoms with Crippen LogP contribution in [0.3, 0.4) is 0 Å². The van der Waals surface area contributed by atoms with Crippen molar-refractivity contribution < 1.29 is 52.5 Å². The Morgan fingerprint density at radius 2 is 0.806 bits per heavy atom. The average molecular weight is 1460 g/mol. The van der Waals surface area contributed by atoms with Crippen LogP contribution in [-0.2, 0) is 20.8 Å². The van der Waals surface area contributed by atoms with Gasteiger partial charge in [-0.05, 0) is 136 Å². The number of carbonyl (C=O) groups excluding carboxylic acids is 1. The predicted octanol–water partition coefficient (Wildman–Crippen LogP) is 10.8. The number of carbonyl (C=O) groups is 2. The molecule has 0 radical (unpaired) electrons. The second-order valence-electron chi connectivity index (χ2n) is 20.7. The lowest BCUT2D eigenvalue weighted by atomic mass is 9.75. The van der Waals surface area contributed by atoms with Gasteiger partial charge < -0.3 is 42.6 Å². The number of anilines is 4. The van der Waals surface area contributed by atoms with Gasteiger partial charge in [-0.1, -0.05) is 72.8 Å². The fourth-order valence-corrected chi connectivity index (χ4v) is 11.0. The summed E-state index contributed by atoms with van der Waals surface area (Å²) in [4.78, 5) is 62.4. The topological polar surface area (TPSA) is 354 Å². The van der Waals surface area contributed by atoms with Crippen molar-refractivity contribution in [1.82, 2.24) is 49.8 Å². The van der Waals surface area contributed by atoms with E-state index in [4.69, 9.17) is 32.4 Å². The minimum absolute atomic E-state index is 0.0949. The maximum absolute atomic E-state index is 13.9. The van der Waals surface area contributed by atoms with Gasteiger partial charge in [0.25, 0.3) is 0 Å². The fraction of sp³-hybridized carbons (Fsp3) is 0.188. The van der Waals surface area contributed by atoms with Crippen molar-refractivity contribution in [3.8, 4) is 33.4 Å². The van der Waals surface area contributed by atoms with Crippen LogP contribution in [0, 0.1) is 35.1 Å². The highest BCUT2D eigenvalue weighted by molar-refractivity contribution is 9.11. The number of carboxylic acids is 1. The van der Waals surface area contributed by atoms with Crippen LogP contribution in [0.5, 0.6) is 0 Å².